The Bertz CT molecular complexity index is 874. The fourth-order valence-corrected chi connectivity index (χ4v) is 2.82. The van der Waals surface area contributed by atoms with E-state index in [4.69, 9.17) is 0 Å². The number of nitrogens with one attached hydrogen (secondary N) is 1. The van der Waals surface area contributed by atoms with Gasteiger partial charge in [-0.25, -0.2) is 0 Å². The molecule has 23 heavy (non-hydrogen) atoms. The number of pyridine rings is 1. The molecular weight excluding hydrogens is 352 g/mol. The molecule has 0 fully saturated rings. The molecule has 0 aliphatic carbocycles. The highest BCUT2D eigenvalue weighted by molar-refractivity contribution is 9.10. The van der Waals surface area contributed by atoms with Crippen molar-refractivity contribution in [2.45, 2.75) is 19.8 Å². The Hall–Kier alpha value is -2.20. The third-order valence-corrected chi connectivity index (χ3v) is 4.39. The first-order valence-corrected chi connectivity index (χ1v) is 8.31. The van der Waals surface area contributed by atoms with E-state index in [1.165, 1.54) is 0 Å². The Balaban J connectivity index is 2.07. The average molecular weight is 369 g/mol. The van der Waals surface area contributed by atoms with E-state index in [0.717, 1.165) is 26.8 Å². The van der Waals surface area contributed by atoms with E-state index in [2.05, 4.69) is 40.1 Å². The first kappa shape index (κ1) is 15.7. The van der Waals surface area contributed by atoms with Gasteiger partial charge in [-0.1, -0.05) is 44.2 Å². The highest BCUT2D eigenvalue weighted by atomic mass is 79.9. The molecule has 0 atom stereocenters. The van der Waals surface area contributed by atoms with Gasteiger partial charge in [0.05, 0.1) is 16.8 Å². The Labute approximate surface area is 143 Å². The maximum Gasteiger partial charge on any atom is 0.256 e. The van der Waals surface area contributed by atoms with Gasteiger partial charge in [-0.15, -0.1) is 0 Å². The van der Waals surface area contributed by atoms with Crippen molar-refractivity contribution in [2.24, 2.45) is 0 Å². The second-order valence-corrected chi connectivity index (χ2v) is 6.55. The molecule has 1 heterocycles. The van der Waals surface area contributed by atoms with Gasteiger partial charge < -0.3 is 5.32 Å². The molecule has 1 N–H and O–H groups in total. The maximum atomic E-state index is 12.8. The van der Waals surface area contributed by atoms with Gasteiger partial charge in [0.25, 0.3) is 5.91 Å². The zero-order valence-electron chi connectivity index (χ0n) is 13.0. The minimum Gasteiger partial charge on any atom is -0.321 e. The Morgan fingerprint density at radius 1 is 1.09 bits per heavy atom. The van der Waals surface area contributed by atoms with Gasteiger partial charge in [0.1, 0.15) is 0 Å². The number of hydrogen-bond donors (Lipinski definition) is 1. The summed E-state index contributed by atoms with van der Waals surface area (Å²) < 4.78 is 0.857. The molecule has 0 unspecified atom stereocenters. The highest BCUT2D eigenvalue weighted by Crippen LogP contribution is 2.25. The molecule has 0 bridgehead atoms. The second kappa shape index (κ2) is 6.50. The van der Waals surface area contributed by atoms with Crippen LogP contribution in [-0.2, 0) is 0 Å². The molecule has 0 aliphatic heterocycles. The number of benzene rings is 2. The number of aromatic nitrogens is 1. The fourth-order valence-electron chi connectivity index (χ4n) is 2.43. The second-order valence-electron chi connectivity index (χ2n) is 5.70. The number of halogens is 1. The van der Waals surface area contributed by atoms with E-state index in [1.807, 2.05) is 54.6 Å². The number of anilines is 1. The SMILES string of the molecule is CC(C)c1cc(C(=O)Nc2ccccc2Br)c2ccccc2n1. The van der Waals surface area contributed by atoms with Crippen molar-refractivity contribution in [1.29, 1.82) is 0 Å². The first-order valence-electron chi connectivity index (χ1n) is 7.52. The van der Waals surface area contributed by atoms with Crippen LogP contribution in [0.15, 0.2) is 59.1 Å². The molecule has 0 spiro atoms. The smallest absolute Gasteiger partial charge is 0.256 e. The van der Waals surface area contributed by atoms with Gasteiger partial charge in [0.15, 0.2) is 0 Å². The molecule has 4 heteroatoms. The number of nitrogens with zero attached hydrogens (tertiary/aromatic N) is 1. The zero-order valence-corrected chi connectivity index (χ0v) is 14.6. The standard InChI is InChI=1S/C19H17BrN2O/c1-12(2)18-11-14(13-7-3-5-9-16(13)21-18)19(23)22-17-10-6-4-8-15(17)20/h3-12H,1-2H3,(H,22,23). The quantitative estimate of drug-likeness (QED) is 0.674. The number of para-hydroxylation sites is 2. The first-order chi connectivity index (χ1) is 11.1. The monoisotopic (exact) mass is 368 g/mol. The molecule has 0 radical (unpaired) electrons. The molecule has 3 aromatic rings. The molecular formula is C19H17BrN2O. The van der Waals surface area contributed by atoms with Crippen LogP contribution in [0.25, 0.3) is 10.9 Å². The van der Waals surface area contributed by atoms with Crippen molar-refractivity contribution >= 4 is 38.4 Å². The molecule has 1 aromatic heterocycles. The minimum absolute atomic E-state index is 0.127. The lowest BCUT2D eigenvalue weighted by atomic mass is 10.0. The molecule has 0 aliphatic rings. The van der Waals surface area contributed by atoms with E-state index in [1.54, 1.807) is 0 Å². The summed E-state index contributed by atoms with van der Waals surface area (Å²) in [6, 6.07) is 17.2. The molecule has 0 saturated heterocycles. The van der Waals surface area contributed by atoms with Crippen LogP contribution in [0, 0.1) is 0 Å². The molecule has 1 amide bonds. The summed E-state index contributed by atoms with van der Waals surface area (Å²) in [4.78, 5) is 17.4. The van der Waals surface area contributed by atoms with Crippen molar-refractivity contribution in [1.82, 2.24) is 4.98 Å². The van der Waals surface area contributed by atoms with Crippen LogP contribution in [0.2, 0.25) is 0 Å². The molecule has 2 aromatic carbocycles. The van der Waals surface area contributed by atoms with E-state index in [9.17, 15) is 4.79 Å². The predicted octanol–water partition coefficient (Wildman–Crippen LogP) is 5.37. The van der Waals surface area contributed by atoms with Crippen molar-refractivity contribution in [3.8, 4) is 0 Å². The lowest BCUT2D eigenvalue weighted by Crippen LogP contribution is -2.14. The number of carbonyl (C=O) groups is 1. The van der Waals surface area contributed by atoms with Crippen LogP contribution in [-0.4, -0.2) is 10.9 Å². The summed E-state index contributed by atoms with van der Waals surface area (Å²) in [5, 5.41) is 3.83. The number of hydrogen-bond acceptors (Lipinski definition) is 2. The summed E-state index contributed by atoms with van der Waals surface area (Å²) in [6.45, 7) is 4.15. The van der Waals surface area contributed by atoms with Gasteiger partial charge in [-0.2, -0.15) is 0 Å². The van der Waals surface area contributed by atoms with Gasteiger partial charge >= 0.3 is 0 Å². The number of carbonyl (C=O) groups excluding carboxylic acids is 1. The van der Waals surface area contributed by atoms with Crippen LogP contribution in [0.1, 0.15) is 35.8 Å². The zero-order chi connectivity index (χ0) is 16.4. The fraction of sp³-hybridized carbons (Fsp3) is 0.158. The van der Waals surface area contributed by atoms with E-state index in [-0.39, 0.29) is 11.8 Å². The molecule has 116 valence electrons. The molecule has 3 rings (SSSR count). The summed E-state index contributed by atoms with van der Waals surface area (Å²) >= 11 is 3.46. The van der Waals surface area contributed by atoms with Crippen LogP contribution >= 0.6 is 15.9 Å². The number of fused-ring (bicyclic) bond motifs is 1. The predicted molar refractivity (Wildman–Crippen MR) is 97.9 cm³/mol. The van der Waals surface area contributed by atoms with E-state index < -0.39 is 0 Å². The van der Waals surface area contributed by atoms with E-state index in [0.29, 0.717) is 5.56 Å². The molecule has 0 saturated carbocycles. The lowest BCUT2D eigenvalue weighted by molar-refractivity contribution is 0.102. The summed E-state index contributed by atoms with van der Waals surface area (Å²) in [5.74, 6) is 0.131. The van der Waals surface area contributed by atoms with Gasteiger partial charge in [0, 0.05) is 15.6 Å². The largest absolute Gasteiger partial charge is 0.321 e. The minimum atomic E-state index is -0.127. The van der Waals surface area contributed by atoms with Crippen molar-refractivity contribution in [3.63, 3.8) is 0 Å². The summed E-state index contributed by atoms with van der Waals surface area (Å²) in [7, 11) is 0. The Kier molecular flexibility index (Phi) is 4.44. The summed E-state index contributed by atoms with van der Waals surface area (Å²) in [5.41, 5.74) is 3.16. The van der Waals surface area contributed by atoms with Crippen LogP contribution in [0.3, 0.4) is 0 Å². The molecule has 3 nitrogen and oxygen atoms in total. The van der Waals surface area contributed by atoms with Gasteiger partial charge in [0.2, 0.25) is 0 Å². The number of amides is 1. The lowest BCUT2D eigenvalue weighted by Gasteiger charge is -2.12. The summed E-state index contributed by atoms with van der Waals surface area (Å²) in [6.07, 6.45) is 0. The van der Waals surface area contributed by atoms with Gasteiger partial charge in [-0.05, 0) is 46.1 Å². The van der Waals surface area contributed by atoms with Crippen molar-refractivity contribution in [2.75, 3.05) is 5.32 Å². The van der Waals surface area contributed by atoms with Crippen molar-refractivity contribution < 1.29 is 4.79 Å². The topological polar surface area (TPSA) is 42.0 Å². The average Bonchev–Trinajstić information content (AvgIpc) is 2.55. The van der Waals surface area contributed by atoms with E-state index >= 15 is 0 Å². The van der Waals surface area contributed by atoms with Crippen LogP contribution < -0.4 is 5.32 Å². The van der Waals surface area contributed by atoms with Crippen LogP contribution in [0.5, 0.6) is 0 Å². The van der Waals surface area contributed by atoms with Crippen molar-refractivity contribution in [3.05, 3.63) is 70.3 Å². The van der Waals surface area contributed by atoms with Crippen LogP contribution in [0.4, 0.5) is 5.69 Å². The number of rotatable bonds is 3. The van der Waals surface area contributed by atoms with Gasteiger partial charge in [-0.3, -0.25) is 9.78 Å². The maximum absolute atomic E-state index is 12.8. The third kappa shape index (κ3) is 3.27. The Morgan fingerprint density at radius 2 is 1.78 bits per heavy atom. The highest BCUT2D eigenvalue weighted by Gasteiger charge is 2.15. The Morgan fingerprint density at radius 3 is 2.52 bits per heavy atom. The third-order valence-electron chi connectivity index (χ3n) is 3.69. The normalized spacial score (nSPS) is 11.0.